The average molecular weight is 193 g/mol. The smallest absolute Gasteiger partial charge is 0.0406 e. The van der Waals surface area contributed by atoms with Crippen molar-refractivity contribution in [1.82, 2.24) is 0 Å². The molecule has 0 bridgehead atoms. The molecule has 1 aromatic rings. The number of halogens is 1. The van der Waals surface area contributed by atoms with Crippen molar-refractivity contribution >= 4 is 17.7 Å². The summed E-state index contributed by atoms with van der Waals surface area (Å²) < 4.78 is 0. The lowest BCUT2D eigenvalue weighted by atomic mass is 10.2. The molecule has 0 saturated carbocycles. The van der Waals surface area contributed by atoms with E-state index in [4.69, 9.17) is 11.6 Å². The Labute approximate surface area is 84.5 Å². The van der Waals surface area contributed by atoms with Gasteiger partial charge in [-0.2, -0.15) is 0 Å². The zero-order chi connectivity index (χ0) is 9.52. The van der Waals surface area contributed by atoms with Crippen LogP contribution in [0.25, 0.3) is 6.08 Å². The van der Waals surface area contributed by atoms with Crippen molar-refractivity contribution in [1.29, 1.82) is 0 Å². The predicted octanol–water partition coefficient (Wildman–Crippen LogP) is 4.32. The van der Waals surface area contributed by atoms with Crippen LogP contribution in [-0.4, -0.2) is 0 Å². The van der Waals surface area contributed by atoms with E-state index in [-0.39, 0.29) is 0 Å². The van der Waals surface area contributed by atoms with Crippen molar-refractivity contribution in [3.05, 3.63) is 53.1 Å². The predicted molar refractivity (Wildman–Crippen MR) is 59.9 cm³/mol. The summed E-state index contributed by atoms with van der Waals surface area (Å²) in [7, 11) is 0. The summed E-state index contributed by atoms with van der Waals surface area (Å²) in [6.45, 7) is 2.02. The molecule has 1 heteroatoms. The van der Waals surface area contributed by atoms with E-state index in [0.717, 1.165) is 11.4 Å². The molecule has 68 valence electrons. The monoisotopic (exact) mass is 192 g/mol. The molecule has 13 heavy (non-hydrogen) atoms. The van der Waals surface area contributed by atoms with Crippen LogP contribution < -0.4 is 0 Å². The number of rotatable bonds is 3. The maximum atomic E-state index is 5.76. The molecule has 0 unspecified atom stereocenters. The lowest BCUT2D eigenvalue weighted by molar-refractivity contribution is 1.39. The Morgan fingerprint density at radius 2 is 1.85 bits per heavy atom. The Morgan fingerprint density at radius 3 is 2.46 bits per heavy atom. The number of benzene rings is 1. The van der Waals surface area contributed by atoms with Gasteiger partial charge in [-0.1, -0.05) is 48.0 Å². The quantitative estimate of drug-likeness (QED) is 0.626. The molecule has 0 fully saturated rings. The zero-order valence-electron chi connectivity index (χ0n) is 7.70. The summed E-state index contributed by atoms with van der Waals surface area (Å²) in [5, 5.41) is 0.783. The lowest BCUT2D eigenvalue weighted by Gasteiger charge is -1.92. The Kier molecular flexibility index (Phi) is 4.34. The van der Waals surface area contributed by atoms with Crippen LogP contribution in [-0.2, 0) is 0 Å². The largest absolute Gasteiger partial charge is 0.0914 e. The van der Waals surface area contributed by atoms with Gasteiger partial charge in [0.1, 0.15) is 0 Å². The van der Waals surface area contributed by atoms with Gasteiger partial charge in [-0.25, -0.2) is 0 Å². The highest BCUT2D eigenvalue weighted by atomic mass is 35.5. The second-order valence-corrected chi connectivity index (χ2v) is 3.20. The fourth-order valence-electron chi connectivity index (χ4n) is 0.993. The van der Waals surface area contributed by atoms with Gasteiger partial charge >= 0.3 is 0 Å². The molecule has 0 nitrogen and oxygen atoms in total. The molecule has 0 atom stereocenters. The van der Waals surface area contributed by atoms with Gasteiger partial charge in [-0.15, -0.1) is 0 Å². The van der Waals surface area contributed by atoms with E-state index in [0.29, 0.717) is 0 Å². The van der Waals surface area contributed by atoms with Crippen LogP contribution in [0.15, 0.2) is 42.5 Å². The number of hydrogen-bond donors (Lipinski definition) is 0. The van der Waals surface area contributed by atoms with Gasteiger partial charge in [0.2, 0.25) is 0 Å². The van der Waals surface area contributed by atoms with E-state index in [1.165, 1.54) is 5.56 Å². The van der Waals surface area contributed by atoms with Crippen LogP contribution in [0.3, 0.4) is 0 Å². The molecule has 0 aromatic heterocycles. The molecule has 0 spiro atoms. The first-order valence-electron chi connectivity index (χ1n) is 4.36. The first-order valence-corrected chi connectivity index (χ1v) is 4.74. The summed E-state index contributed by atoms with van der Waals surface area (Å²) in [6, 6.07) is 7.82. The van der Waals surface area contributed by atoms with E-state index in [9.17, 15) is 0 Å². The van der Waals surface area contributed by atoms with Crippen molar-refractivity contribution in [3.8, 4) is 0 Å². The van der Waals surface area contributed by atoms with Gasteiger partial charge in [0.25, 0.3) is 0 Å². The summed E-state index contributed by atoms with van der Waals surface area (Å²) in [5.41, 5.74) is 1.19. The van der Waals surface area contributed by atoms with E-state index in [1.54, 1.807) is 0 Å². The summed E-state index contributed by atoms with van der Waals surface area (Å²) in [5.74, 6) is 0. The van der Waals surface area contributed by atoms with Crippen LogP contribution >= 0.6 is 11.6 Å². The maximum absolute atomic E-state index is 5.76. The summed E-state index contributed by atoms with van der Waals surface area (Å²) in [6.07, 6.45) is 9.37. The first kappa shape index (κ1) is 10.1. The molecule has 1 aromatic carbocycles. The molecule has 0 aliphatic carbocycles. The Hall–Kier alpha value is -1.01. The normalized spacial score (nSPS) is 11.5. The molecule has 0 aliphatic rings. The van der Waals surface area contributed by atoms with Gasteiger partial charge in [0, 0.05) is 5.02 Å². The van der Waals surface area contributed by atoms with E-state index in [1.807, 2.05) is 37.3 Å². The molecular weight excluding hydrogens is 180 g/mol. The Balaban J connectivity index is 2.54. The second-order valence-electron chi connectivity index (χ2n) is 2.76. The topological polar surface area (TPSA) is 0 Å². The summed E-state index contributed by atoms with van der Waals surface area (Å²) in [4.78, 5) is 0. The standard InChI is InChI=1S/C12H13Cl/c1-2-3-4-5-6-11-7-9-12(13)10-8-11/h2-3,5-10H,4H2,1H3/b3-2+,6-5+. The van der Waals surface area contributed by atoms with Crippen molar-refractivity contribution in [2.75, 3.05) is 0 Å². The van der Waals surface area contributed by atoms with Crippen LogP contribution in [0, 0.1) is 0 Å². The fourth-order valence-corrected chi connectivity index (χ4v) is 1.12. The minimum atomic E-state index is 0.783. The summed E-state index contributed by atoms with van der Waals surface area (Å²) >= 11 is 5.76. The minimum absolute atomic E-state index is 0.783. The minimum Gasteiger partial charge on any atom is -0.0914 e. The highest BCUT2D eigenvalue weighted by molar-refractivity contribution is 6.30. The SMILES string of the molecule is C/C=C/C/C=C/c1ccc(Cl)cc1. The van der Waals surface area contributed by atoms with Gasteiger partial charge in [-0.05, 0) is 31.0 Å². The molecule has 1 rings (SSSR count). The van der Waals surface area contributed by atoms with E-state index < -0.39 is 0 Å². The molecule has 0 aliphatic heterocycles. The van der Waals surface area contributed by atoms with Crippen molar-refractivity contribution in [3.63, 3.8) is 0 Å². The molecule has 0 amide bonds. The number of hydrogen-bond acceptors (Lipinski definition) is 0. The lowest BCUT2D eigenvalue weighted by Crippen LogP contribution is -1.69. The third kappa shape index (κ3) is 3.95. The van der Waals surface area contributed by atoms with Gasteiger partial charge < -0.3 is 0 Å². The van der Waals surface area contributed by atoms with Crippen LogP contribution in [0.1, 0.15) is 18.9 Å². The average Bonchev–Trinajstić information content (AvgIpc) is 2.15. The third-order valence-corrected chi connectivity index (χ3v) is 1.94. The van der Waals surface area contributed by atoms with Crippen molar-refractivity contribution in [2.24, 2.45) is 0 Å². The third-order valence-electron chi connectivity index (χ3n) is 1.69. The van der Waals surface area contributed by atoms with E-state index >= 15 is 0 Å². The maximum Gasteiger partial charge on any atom is 0.0406 e. The molecule has 0 N–H and O–H groups in total. The molecule has 0 radical (unpaired) electrons. The number of allylic oxidation sites excluding steroid dienone is 3. The van der Waals surface area contributed by atoms with Crippen molar-refractivity contribution in [2.45, 2.75) is 13.3 Å². The highest BCUT2D eigenvalue weighted by Gasteiger charge is 1.85. The van der Waals surface area contributed by atoms with Crippen LogP contribution in [0.4, 0.5) is 0 Å². The first-order chi connectivity index (χ1) is 6.33. The van der Waals surface area contributed by atoms with Crippen molar-refractivity contribution < 1.29 is 0 Å². The Morgan fingerprint density at radius 1 is 1.15 bits per heavy atom. The zero-order valence-corrected chi connectivity index (χ0v) is 8.46. The highest BCUT2D eigenvalue weighted by Crippen LogP contribution is 2.10. The van der Waals surface area contributed by atoms with Crippen LogP contribution in [0.2, 0.25) is 5.02 Å². The fraction of sp³-hybridized carbons (Fsp3) is 0.167. The van der Waals surface area contributed by atoms with Gasteiger partial charge in [0.05, 0.1) is 0 Å². The van der Waals surface area contributed by atoms with Gasteiger partial charge in [0.15, 0.2) is 0 Å². The molecule has 0 saturated heterocycles. The van der Waals surface area contributed by atoms with E-state index in [2.05, 4.69) is 18.2 Å². The van der Waals surface area contributed by atoms with Crippen LogP contribution in [0.5, 0.6) is 0 Å². The molecule has 0 heterocycles. The van der Waals surface area contributed by atoms with Gasteiger partial charge in [-0.3, -0.25) is 0 Å². The Bertz CT molecular complexity index is 293. The second kappa shape index (κ2) is 5.60. The molecular formula is C12H13Cl.